The lowest BCUT2D eigenvalue weighted by atomic mass is 9.81. The molecule has 0 saturated carbocycles. The summed E-state index contributed by atoms with van der Waals surface area (Å²) in [7, 11) is 2.26. The first-order valence-electron chi connectivity index (χ1n) is 8.05. The van der Waals surface area contributed by atoms with Gasteiger partial charge in [0.1, 0.15) is 0 Å². The van der Waals surface area contributed by atoms with Gasteiger partial charge in [-0.25, -0.2) is 0 Å². The fourth-order valence-corrected chi connectivity index (χ4v) is 2.89. The monoisotopic (exact) mass is 270 g/mol. The van der Waals surface area contributed by atoms with E-state index >= 15 is 0 Å². The van der Waals surface area contributed by atoms with Gasteiger partial charge in [-0.2, -0.15) is 0 Å². The molecule has 0 amide bonds. The average molecular weight is 270 g/mol. The van der Waals surface area contributed by atoms with E-state index in [9.17, 15) is 0 Å². The molecule has 1 rings (SSSR count). The highest BCUT2D eigenvalue weighted by atomic mass is 16.5. The summed E-state index contributed by atoms with van der Waals surface area (Å²) in [5.41, 5.74) is 0.332. The van der Waals surface area contributed by atoms with Crippen molar-refractivity contribution in [3.8, 4) is 0 Å². The third-order valence-corrected chi connectivity index (χ3v) is 4.02. The Balaban J connectivity index is 2.43. The zero-order valence-electron chi connectivity index (χ0n) is 13.5. The molecule has 114 valence electrons. The van der Waals surface area contributed by atoms with E-state index < -0.39 is 0 Å². The van der Waals surface area contributed by atoms with E-state index in [1.165, 1.54) is 32.2 Å². The Bertz CT molecular complexity index is 225. The zero-order chi connectivity index (χ0) is 14.1. The number of hydrogen-bond donors (Lipinski definition) is 1. The van der Waals surface area contributed by atoms with Crippen LogP contribution >= 0.6 is 0 Å². The van der Waals surface area contributed by atoms with Crippen molar-refractivity contribution in [1.82, 2.24) is 10.2 Å². The van der Waals surface area contributed by atoms with Crippen LogP contribution in [0.3, 0.4) is 0 Å². The molecule has 0 bridgehead atoms. The Kier molecular flexibility index (Phi) is 7.96. The van der Waals surface area contributed by atoms with Crippen molar-refractivity contribution in [1.29, 1.82) is 0 Å². The predicted octanol–water partition coefficient (Wildman–Crippen LogP) is 2.76. The van der Waals surface area contributed by atoms with Gasteiger partial charge in [0.2, 0.25) is 0 Å². The Morgan fingerprint density at radius 1 is 1.37 bits per heavy atom. The van der Waals surface area contributed by atoms with Crippen molar-refractivity contribution >= 4 is 0 Å². The first kappa shape index (κ1) is 16.9. The second-order valence-corrected chi connectivity index (χ2v) is 6.75. The molecule has 1 aliphatic rings. The van der Waals surface area contributed by atoms with Gasteiger partial charge in [0.15, 0.2) is 0 Å². The van der Waals surface area contributed by atoms with Gasteiger partial charge in [-0.05, 0) is 51.7 Å². The quantitative estimate of drug-likeness (QED) is 0.652. The maximum absolute atomic E-state index is 5.78. The summed E-state index contributed by atoms with van der Waals surface area (Å²) in [5, 5.41) is 3.61. The fraction of sp³-hybridized carbons (Fsp3) is 1.00. The second-order valence-electron chi connectivity index (χ2n) is 6.75. The van der Waals surface area contributed by atoms with Crippen molar-refractivity contribution in [2.45, 2.75) is 46.5 Å². The van der Waals surface area contributed by atoms with Crippen LogP contribution in [0.2, 0.25) is 0 Å². The van der Waals surface area contributed by atoms with Crippen LogP contribution in [-0.4, -0.2) is 51.3 Å². The van der Waals surface area contributed by atoms with Gasteiger partial charge in [-0.1, -0.05) is 20.8 Å². The average Bonchev–Trinajstić information content (AvgIpc) is 2.38. The van der Waals surface area contributed by atoms with E-state index in [2.05, 4.69) is 38.0 Å². The molecule has 0 aromatic rings. The van der Waals surface area contributed by atoms with Crippen LogP contribution in [0, 0.1) is 11.3 Å². The van der Waals surface area contributed by atoms with Crippen LogP contribution in [0.1, 0.15) is 46.5 Å². The Morgan fingerprint density at radius 2 is 2.16 bits per heavy atom. The summed E-state index contributed by atoms with van der Waals surface area (Å²) >= 11 is 0. The molecule has 0 radical (unpaired) electrons. The topological polar surface area (TPSA) is 24.5 Å². The number of hydrogen-bond acceptors (Lipinski definition) is 3. The minimum Gasteiger partial charge on any atom is -0.381 e. The molecule has 0 spiro atoms. The van der Waals surface area contributed by atoms with Crippen LogP contribution < -0.4 is 5.32 Å². The van der Waals surface area contributed by atoms with Gasteiger partial charge in [-0.15, -0.1) is 0 Å². The molecule has 1 atom stereocenters. The summed E-state index contributed by atoms with van der Waals surface area (Å²) in [6.07, 6.45) is 5.01. The SMILES string of the molecule is CCCNCC1(CN(C)CCC(C)C)CCCOC1. The van der Waals surface area contributed by atoms with Crippen molar-refractivity contribution in [2.24, 2.45) is 11.3 Å². The molecule has 1 aliphatic heterocycles. The lowest BCUT2D eigenvalue weighted by molar-refractivity contribution is -0.0229. The van der Waals surface area contributed by atoms with Crippen LogP contribution in [0.25, 0.3) is 0 Å². The largest absolute Gasteiger partial charge is 0.381 e. The van der Waals surface area contributed by atoms with Gasteiger partial charge >= 0.3 is 0 Å². The molecule has 3 heteroatoms. The molecule has 19 heavy (non-hydrogen) atoms. The Morgan fingerprint density at radius 3 is 2.74 bits per heavy atom. The highest BCUT2D eigenvalue weighted by molar-refractivity contribution is 4.86. The number of ether oxygens (including phenoxy) is 1. The van der Waals surface area contributed by atoms with Crippen molar-refractivity contribution in [3.63, 3.8) is 0 Å². The minimum absolute atomic E-state index is 0.332. The van der Waals surface area contributed by atoms with Gasteiger partial charge in [-0.3, -0.25) is 0 Å². The minimum atomic E-state index is 0.332. The molecule has 0 aromatic carbocycles. The van der Waals surface area contributed by atoms with Crippen molar-refractivity contribution < 1.29 is 4.74 Å². The predicted molar refractivity (Wildman–Crippen MR) is 82.6 cm³/mol. The van der Waals surface area contributed by atoms with Crippen LogP contribution in [-0.2, 0) is 4.74 Å². The molecular formula is C16H34N2O. The van der Waals surface area contributed by atoms with Crippen molar-refractivity contribution in [3.05, 3.63) is 0 Å². The Hall–Kier alpha value is -0.120. The first-order valence-corrected chi connectivity index (χ1v) is 8.05. The van der Waals surface area contributed by atoms with Gasteiger partial charge in [0.25, 0.3) is 0 Å². The highest BCUT2D eigenvalue weighted by Crippen LogP contribution is 2.29. The molecule has 1 saturated heterocycles. The number of rotatable bonds is 9. The first-order chi connectivity index (χ1) is 9.08. The maximum atomic E-state index is 5.78. The third-order valence-electron chi connectivity index (χ3n) is 4.02. The summed E-state index contributed by atoms with van der Waals surface area (Å²) in [5.74, 6) is 0.791. The van der Waals surface area contributed by atoms with Gasteiger partial charge in [0, 0.05) is 25.1 Å². The lowest BCUT2D eigenvalue weighted by Gasteiger charge is -2.40. The summed E-state index contributed by atoms with van der Waals surface area (Å²) in [6.45, 7) is 13.3. The fourth-order valence-electron chi connectivity index (χ4n) is 2.89. The standard InChI is InChI=1S/C16H34N2O/c1-5-9-17-12-16(8-6-11-19-14-16)13-18(4)10-7-15(2)3/h15,17H,5-14H2,1-4H3. The van der Waals surface area contributed by atoms with E-state index in [0.717, 1.165) is 38.8 Å². The second kappa shape index (κ2) is 8.93. The summed E-state index contributed by atoms with van der Waals surface area (Å²) in [6, 6.07) is 0. The van der Waals surface area contributed by atoms with Crippen LogP contribution in [0.15, 0.2) is 0 Å². The molecule has 1 heterocycles. The molecule has 1 N–H and O–H groups in total. The molecule has 1 fully saturated rings. The third kappa shape index (κ3) is 6.73. The molecule has 0 aromatic heterocycles. The molecule has 0 aliphatic carbocycles. The van der Waals surface area contributed by atoms with E-state index in [-0.39, 0.29) is 0 Å². The van der Waals surface area contributed by atoms with Gasteiger partial charge < -0.3 is 15.0 Å². The maximum Gasteiger partial charge on any atom is 0.0546 e. The molecule has 3 nitrogen and oxygen atoms in total. The van der Waals surface area contributed by atoms with E-state index in [0.29, 0.717) is 5.41 Å². The molecular weight excluding hydrogens is 236 g/mol. The lowest BCUT2D eigenvalue weighted by Crippen LogP contribution is -2.48. The summed E-state index contributed by atoms with van der Waals surface area (Å²) in [4.78, 5) is 2.50. The van der Waals surface area contributed by atoms with E-state index in [1.807, 2.05) is 0 Å². The van der Waals surface area contributed by atoms with Crippen LogP contribution in [0.5, 0.6) is 0 Å². The van der Waals surface area contributed by atoms with E-state index in [4.69, 9.17) is 4.74 Å². The smallest absolute Gasteiger partial charge is 0.0546 e. The Labute approximate surface area is 120 Å². The van der Waals surface area contributed by atoms with Crippen LogP contribution in [0.4, 0.5) is 0 Å². The number of nitrogens with zero attached hydrogens (tertiary/aromatic N) is 1. The summed E-state index contributed by atoms with van der Waals surface area (Å²) < 4.78 is 5.78. The van der Waals surface area contributed by atoms with Crippen molar-refractivity contribution in [2.75, 3.05) is 46.4 Å². The molecule has 1 unspecified atom stereocenters. The zero-order valence-corrected chi connectivity index (χ0v) is 13.5. The normalized spacial score (nSPS) is 24.3. The highest BCUT2D eigenvalue weighted by Gasteiger charge is 2.33. The van der Waals surface area contributed by atoms with Gasteiger partial charge in [0.05, 0.1) is 6.61 Å². The van der Waals surface area contributed by atoms with E-state index in [1.54, 1.807) is 0 Å². The number of nitrogens with one attached hydrogen (secondary N) is 1.